The molecule has 3 nitrogen and oxygen atoms in total. The molecule has 0 radical (unpaired) electrons. The number of allylic oxidation sites excluding steroid dienone is 7. The van der Waals surface area contributed by atoms with Gasteiger partial charge in [-0.3, -0.25) is 9.78 Å². The highest BCUT2D eigenvalue weighted by Crippen LogP contribution is 2.32. The number of para-hydroxylation sites is 1. The fraction of sp³-hybridized carbons (Fsp3) is 0.0909. The fourth-order valence-electron chi connectivity index (χ4n) is 3.25. The molecule has 1 aromatic carbocycles. The first-order chi connectivity index (χ1) is 12.1. The van der Waals surface area contributed by atoms with Gasteiger partial charge in [-0.05, 0) is 42.4 Å². The molecule has 1 aromatic heterocycles. The molecule has 0 saturated carbocycles. The first-order valence-electron chi connectivity index (χ1n) is 8.26. The van der Waals surface area contributed by atoms with E-state index in [2.05, 4.69) is 28.1 Å². The average molecular weight is 326 g/mol. The van der Waals surface area contributed by atoms with Crippen molar-refractivity contribution in [2.45, 2.75) is 6.92 Å². The Labute approximate surface area is 147 Å². The van der Waals surface area contributed by atoms with Crippen molar-refractivity contribution in [3.05, 3.63) is 95.5 Å². The number of hydrogen-bond acceptors (Lipinski definition) is 3. The largest absolute Gasteiger partial charge is 0.351 e. The van der Waals surface area contributed by atoms with E-state index in [1.165, 1.54) is 0 Å². The number of carbonyl (C=O) groups is 1. The van der Waals surface area contributed by atoms with E-state index in [0.717, 1.165) is 28.0 Å². The highest BCUT2D eigenvalue weighted by molar-refractivity contribution is 6.15. The topological polar surface area (TPSA) is 33.2 Å². The van der Waals surface area contributed by atoms with Crippen LogP contribution in [0.15, 0.2) is 78.7 Å². The second-order valence-electron chi connectivity index (χ2n) is 6.24. The van der Waals surface area contributed by atoms with E-state index in [1.807, 2.05) is 62.7 Å². The van der Waals surface area contributed by atoms with Crippen molar-refractivity contribution >= 4 is 22.6 Å². The van der Waals surface area contributed by atoms with E-state index in [0.29, 0.717) is 11.3 Å². The molecule has 0 N–H and O–H groups in total. The van der Waals surface area contributed by atoms with Gasteiger partial charge in [0.2, 0.25) is 5.78 Å². The molecule has 0 bridgehead atoms. The molecular formula is C22H18N2O. The Morgan fingerprint density at radius 1 is 1.00 bits per heavy atom. The fourth-order valence-corrected chi connectivity index (χ4v) is 3.25. The Morgan fingerprint density at radius 2 is 1.76 bits per heavy atom. The number of carbonyl (C=O) groups excluding carboxylic acids is 1. The summed E-state index contributed by atoms with van der Waals surface area (Å²) in [5, 5.41) is 0. The zero-order valence-electron chi connectivity index (χ0n) is 14.2. The minimum absolute atomic E-state index is 0.0248. The standard InChI is InChI=1S/C22H18N2O/c1-15-14-17(22(25)21-18(15)7-5-12-23-21)10-9-16-11-13-24(2)20-8-4-3-6-19(16)20/h3-14H,1-2H3. The van der Waals surface area contributed by atoms with Crippen LogP contribution in [-0.2, 0) is 0 Å². The summed E-state index contributed by atoms with van der Waals surface area (Å²) in [6.07, 6.45) is 11.6. The van der Waals surface area contributed by atoms with Crippen molar-refractivity contribution in [1.29, 1.82) is 0 Å². The molecule has 2 aliphatic rings. The lowest BCUT2D eigenvalue weighted by Gasteiger charge is -2.23. The van der Waals surface area contributed by atoms with Gasteiger partial charge in [-0.15, -0.1) is 0 Å². The smallest absolute Gasteiger partial charge is 0.211 e. The number of ketones is 1. The molecule has 0 unspecified atom stereocenters. The van der Waals surface area contributed by atoms with Gasteiger partial charge in [0.15, 0.2) is 0 Å². The third kappa shape index (κ3) is 2.64. The predicted molar refractivity (Wildman–Crippen MR) is 102 cm³/mol. The van der Waals surface area contributed by atoms with Crippen molar-refractivity contribution in [1.82, 2.24) is 4.98 Å². The molecule has 1 aliphatic heterocycles. The first kappa shape index (κ1) is 15.3. The van der Waals surface area contributed by atoms with Crippen LogP contribution in [0.5, 0.6) is 0 Å². The second kappa shape index (κ2) is 6.02. The molecule has 0 saturated heterocycles. The third-order valence-electron chi connectivity index (χ3n) is 4.60. The normalized spacial score (nSPS) is 19.0. The molecular weight excluding hydrogens is 308 g/mol. The quantitative estimate of drug-likeness (QED) is 0.715. The molecule has 122 valence electrons. The molecule has 1 aliphatic carbocycles. The van der Waals surface area contributed by atoms with Crippen molar-refractivity contribution < 1.29 is 4.79 Å². The molecule has 2 heterocycles. The lowest BCUT2D eigenvalue weighted by molar-refractivity contribution is 0.103. The number of aromatic nitrogens is 1. The summed E-state index contributed by atoms with van der Waals surface area (Å²) >= 11 is 0. The van der Waals surface area contributed by atoms with Gasteiger partial charge in [0.05, 0.1) is 0 Å². The van der Waals surface area contributed by atoms with E-state index >= 15 is 0 Å². The van der Waals surface area contributed by atoms with Crippen LogP contribution in [0.1, 0.15) is 28.5 Å². The molecule has 0 fully saturated rings. The highest BCUT2D eigenvalue weighted by atomic mass is 16.1. The average Bonchev–Trinajstić information content (AvgIpc) is 2.65. The Morgan fingerprint density at radius 3 is 2.64 bits per heavy atom. The molecule has 2 aromatic rings. The summed E-state index contributed by atoms with van der Waals surface area (Å²) in [6.45, 7) is 2.01. The van der Waals surface area contributed by atoms with Gasteiger partial charge in [-0.2, -0.15) is 0 Å². The zero-order chi connectivity index (χ0) is 17.4. The zero-order valence-corrected chi connectivity index (χ0v) is 14.2. The van der Waals surface area contributed by atoms with Gasteiger partial charge in [0, 0.05) is 41.8 Å². The number of nitrogens with zero attached hydrogens (tertiary/aromatic N) is 2. The van der Waals surface area contributed by atoms with Gasteiger partial charge >= 0.3 is 0 Å². The number of pyridine rings is 1. The Balaban J connectivity index is 1.76. The number of rotatable bonds is 1. The van der Waals surface area contributed by atoms with Crippen LogP contribution in [0, 0.1) is 0 Å². The number of Topliss-reactive ketones (excluding diaryl/α,β-unsaturated/α-hetero) is 1. The van der Waals surface area contributed by atoms with Gasteiger partial charge in [-0.25, -0.2) is 0 Å². The van der Waals surface area contributed by atoms with E-state index in [1.54, 1.807) is 6.20 Å². The molecule has 4 rings (SSSR count). The molecule has 25 heavy (non-hydrogen) atoms. The van der Waals surface area contributed by atoms with Crippen LogP contribution < -0.4 is 4.90 Å². The van der Waals surface area contributed by atoms with Gasteiger partial charge in [-0.1, -0.05) is 36.4 Å². The SMILES string of the molecule is CC1=CC(=CC=C2C=CN(C)c3ccccc32)C(=O)c2ncccc21. The Kier molecular flexibility index (Phi) is 3.69. The van der Waals surface area contributed by atoms with Gasteiger partial charge in [0.1, 0.15) is 5.69 Å². The van der Waals surface area contributed by atoms with Crippen LogP contribution in [-0.4, -0.2) is 17.8 Å². The summed E-state index contributed by atoms with van der Waals surface area (Å²) < 4.78 is 0. The van der Waals surface area contributed by atoms with Crippen molar-refractivity contribution in [3.8, 4) is 0 Å². The molecule has 0 amide bonds. The maximum atomic E-state index is 12.7. The number of benzene rings is 1. The number of hydrogen-bond donors (Lipinski definition) is 0. The van der Waals surface area contributed by atoms with Crippen molar-refractivity contribution in [2.24, 2.45) is 0 Å². The van der Waals surface area contributed by atoms with Crippen LogP contribution in [0.25, 0.3) is 11.1 Å². The Bertz CT molecular complexity index is 993. The molecule has 3 heteroatoms. The van der Waals surface area contributed by atoms with Crippen molar-refractivity contribution in [3.63, 3.8) is 0 Å². The van der Waals surface area contributed by atoms with Gasteiger partial charge < -0.3 is 4.90 Å². The molecule has 0 atom stereocenters. The minimum Gasteiger partial charge on any atom is -0.351 e. The first-order valence-corrected chi connectivity index (χ1v) is 8.26. The van der Waals surface area contributed by atoms with Crippen LogP contribution >= 0.6 is 0 Å². The monoisotopic (exact) mass is 326 g/mol. The van der Waals surface area contributed by atoms with Crippen LogP contribution in [0.3, 0.4) is 0 Å². The lowest BCUT2D eigenvalue weighted by Crippen LogP contribution is -2.13. The summed E-state index contributed by atoms with van der Waals surface area (Å²) in [4.78, 5) is 19.1. The summed E-state index contributed by atoms with van der Waals surface area (Å²) in [7, 11) is 2.03. The maximum Gasteiger partial charge on any atom is 0.211 e. The number of anilines is 1. The molecule has 0 spiro atoms. The second-order valence-corrected chi connectivity index (χ2v) is 6.24. The van der Waals surface area contributed by atoms with E-state index in [4.69, 9.17) is 0 Å². The summed E-state index contributed by atoms with van der Waals surface area (Å²) in [5.74, 6) is -0.0248. The maximum absolute atomic E-state index is 12.7. The van der Waals surface area contributed by atoms with E-state index in [-0.39, 0.29) is 5.78 Å². The van der Waals surface area contributed by atoms with Crippen LogP contribution in [0.2, 0.25) is 0 Å². The van der Waals surface area contributed by atoms with Gasteiger partial charge in [0.25, 0.3) is 0 Å². The lowest BCUT2D eigenvalue weighted by atomic mass is 9.90. The number of fused-ring (bicyclic) bond motifs is 2. The summed E-state index contributed by atoms with van der Waals surface area (Å²) in [5.41, 5.74) is 6.59. The van der Waals surface area contributed by atoms with E-state index in [9.17, 15) is 4.79 Å². The van der Waals surface area contributed by atoms with Crippen LogP contribution in [0.4, 0.5) is 5.69 Å². The highest BCUT2D eigenvalue weighted by Gasteiger charge is 2.21. The predicted octanol–water partition coefficient (Wildman–Crippen LogP) is 4.65. The third-order valence-corrected chi connectivity index (χ3v) is 4.60. The summed E-state index contributed by atoms with van der Waals surface area (Å²) in [6, 6.07) is 12.1. The van der Waals surface area contributed by atoms with E-state index < -0.39 is 0 Å². The Hall–Kier alpha value is -3.20. The minimum atomic E-state index is -0.0248. The van der Waals surface area contributed by atoms with Crippen molar-refractivity contribution in [2.75, 3.05) is 11.9 Å².